The van der Waals surface area contributed by atoms with Crippen molar-refractivity contribution in [2.24, 2.45) is 0 Å². The topological polar surface area (TPSA) is 94.2 Å². The normalized spacial score (nSPS) is 12.0. The summed E-state index contributed by atoms with van der Waals surface area (Å²) in [5, 5.41) is 2.79. The fourth-order valence-corrected chi connectivity index (χ4v) is 4.20. The minimum absolute atomic E-state index is 0.201. The number of amides is 1. The molecule has 0 spiro atoms. The molecular weight excluding hydrogens is 408 g/mol. The van der Waals surface area contributed by atoms with E-state index < -0.39 is 22.0 Å². The number of hydrogen-bond acceptors (Lipinski definition) is 6. The predicted molar refractivity (Wildman–Crippen MR) is 116 cm³/mol. The van der Waals surface area contributed by atoms with E-state index in [9.17, 15) is 13.2 Å². The molecule has 2 rings (SSSR count). The van der Waals surface area contributed by atoms with Crippen molar-refractivity contribution < 1.29 is 27.4 Å². The van der Waals surface area contributed by atoms with Gasteiger partial charge in [0.25, 0.3) is 0 Å². The molecule has 1 N–H and O–H groups in total. The summed E-state index contributed by atoms with van der Waals surface area (Å²) in [5.74, 6) is 0.958. The molecule has 8 nitrogen and oxygen atoms in total. The molecule has 0 saturated heterocycles. The molecule has 1 atom stereocenters. The molecule has 0 heterocycles. The van der Waals surface area contributed by atoms with Crippen LogP contribution in [0.2, 0.25) is 0 Å². The Kier molecular flexibility index (Phi) is 7.93. The molecule has 2 aromatic carbocycles. The lowest BCUT2D eigenvalue weighted by Gasteiger charge is -2.29. The molecule has 0 aliphatic rings. The minimum Gasteiger partial charge on any atom is -0.497 e. The monoisotopic (exact) mass is 436 g/mol. The van der Waals surface area contributed by atoms with Crippen molar-refractivity contribution in [3.63, 3.8) is 0 Å². The Morgan fingerprint density at radius 2 is 1.80 bits per heavy atom. The third-order valence-corrected chi connectivity index (χ3v) is 5.66. The fraction of sp³-hybridized carbons (Fsp3) is 0.381. The molecule has 0 aromatic heterocycles. The van der Waals surface area contributed by atoms with Crippen LogP contribution in [0.4, 0.5) is 5.69 Å². The lowest BCUT2D eigenvalue weighted by molar-refractivity contribution is -0.122. The highest BCUT2D eigenvalue weighted by molar-refractivity contribution is 7.92. The molecule has 30 heavy (non-hydrogen) atoms. The van der Waals surface area contributed by atoms with Crippen molar-refractivity contribution in [2.75, 3.05) is 31.4 Å². The van der Waals surface area contributed by atoms with Crippen molar-refractivity contribution in [3.05, 3.63) is 48.0 Å². The van der Waals surface area contributed by atoms with Gasteiger partial charge in [0.05, 0.1) is 32.8 Å². The number of ether oxygens (including phenoxy) is 3. The van der Waals surface area contributed by atoms with Crippen molar-refractivity contribution in [2.45, 2.75) is 26.4 Å². The zero-order valence-corrected chi connectivity index (χ0v) is 18.7. The van der Waals surface area contributed by atoms with Gasteiger partial charge in [-0.25, -0.2) is 8.42 Å². The summed E-state index contributed by atoms with van der Waals surface area (Å²) in [6, 6.07) is 11.1. The number of carbonyl (C=O) groups is 1. The Morgan fingerprint density at radius 1 is 1.10 bits per heavy atom. The maximum Gasteiger partial charge on any atom is 0.243 e. The average Bonchev–Trinajstić information content (AvgIpc) is 2.72. The summed E-state index contributed by atoms with van der Waals surface area (Å²) in [4.78, 5) is 12.9. The number of carbonyl (C=O) groups excluding carboxylic acids is 1. The maximum atomic E-state index is 12.9. The van der Waals surface area contributed by atoms with Crippen LogP contribution in [0.5, 0.6) is 17.2 Å². The zero-order valence-electron chi connectivity index (χ0n) is 17.8. The maximum absolute atomic E-state index is 12.9. The highest BCUT2D eigenvalue weighted by Crippen LogP contribution is 2.35. The van der Waals surface area contributed by atoms with Crippen molar-refractivity contribution in [1.82, 2.24) is 5.32 Å². The van der Waals surface area contributed by atoms with Gasteiger partial charge in [-0.3, -0.25) is 9.10 Å². The second kappa shape index (κ2) is 10.2. The van der Waals surface area contributed by atoms with Gasteiger partial charge in [0.1, 0.15) is 23.3 Å². The van der Waals surface area contributed by atoms with Gasteiger partial charge < -0.3 is 19.5 Å². The SMILES string of the molecule is CCOc1ccccc1CNC(=O)[C@H](C)N(c1cc(OC)ccc1OC)S(C)(=O)=O. The third-order valence-electron chi connectivity index (χ3n) is 4.44. The molecule has 2 aromatic rings. The van der Waals surface area contributed by atoms with Gasteiger partial charge in [0, 0.05) is 18.2 Å². The summed E-state index contributed by atoms with van der Waals surface area (Å²) in [6.07, 6.45) is 1.04. The zero-order chi connectivity index (χ0) is 22.3. The highest BCUT2D eigenvalue weighted by atomic mass is 32.2. The minimum atomic E-state index is -3.81. The molecule has 164 valence electrons. The molecule has 0 bridgehead atoms. The van der Waals surface area contributed by atoms with E-state index >= 15 is 0 Å². The molecule has 1 amide bonds. The van der Waals surface area contributed by atoms with Crippen LogP contribution in [0.3, 0.4) is 0 Å². The summed E-state index contributed by atoms with van der Waals surface area (Å²) < 4.78 is 42.3. The van der Waals surface area contributed by atoms with Gasteiger partial charge in [-0.05, 0) is 32.0 Å². The Hall–Kier alpha value is -2.94. The number of methoxy groups -OCH3 is 2. The van der Waals surface area contributed by atoms with E-state index in [0.29, 0.717) is 23.9 Å². The summed E-state index contributed by atoms with van der Waals surface area (Å²) in [7, 11) is -0.901. The van der Waals surface area contributed by atoms with Crippen molar-refractivity contribution in [1.29, 1.82) is 0 Å². The van der Waals surface area contributed by atoms with Gasteiger partial charge in [-0.2, -0.15) is 0 Å². The number of sulfonamides is 1. The Bertz CT molecular complexity index is 977. The first kappa shape index (κ1) is 23.3. The lowest BCUT2D eigenvalue weighted by atomic mass is 10.2. The molecule has 0 aliphatic heterocycles. The lowest BCUT2D eigenvalue weighted by Crippen LogP contribution is -2.47. The number of hydrogen-bond donors (Lipinski definition) is 1. The largest absolute Gasteiger partial charge is 0.497 e. The first-order chi connectivity index (χ1) is 14.2. The van der Waals surface area contributed by atoms with Crippen LogP contribution in [0.1, 0.15) is 19.4 Å². The number of anilines is 1. The first-order valence-corrected chi connectivity index (χ1v) is 11.3. The molecular formula is C21H28N2O6S. The summed E-state index contributed by atoms with van der Waals surface area (Å²) in [5.41, 5.74) is 1.02. The van der Waals surface area contributed by atoms with Gasteiger partial charge in [-0.15, -0.1) is 0 Å². The van der Waals surface area contributed by atoms with Crippen molar-refractivity contribution in [3.8, 4) is 17.2 Å². The predicted octanol–water partition coefficient (Wildman–Crippen LogP) is 2.57. The van der Waals surface area contributed by atoms with Gasteiger partial charge in [-0.1, -0.05) is 18.2 Å². The molecule has 0 fully saturated rings. The van der Waals surface area contributed by atoms with Gasteiger partial charge in [0.2, 0.25) is 15.9 Å². The van der Waals surface area contributed by atoms with Crippen LogP contribution < -0.4 is 23.8 Å². The summed E-state index contributed by atoms with van der Waals surface area (Å²) in [6.45, 7) is 4.09. The number of nitrogens with zero attached hydrogens (tertiary/aromatic N) is 1. The van der Waals surface area contributed by atoms with Crippen LogP contribution in [0, 0.1) is 0 Å². The number of nitrogens with one attached hydrogen (secondary N) is 1. The summed E-state index contributed by atoms with van der Waals surface area (Å²) >= 11 is 0. The van der Waals surface area contributed by atoms with E-state index in [1.165, 1.54) is 27.2 Å². The highest BCUT2D eigenvalue weighted by Gasteiger charge is 2.31. The fourth-order valence-electron chi connectivity index (χ4n) is 3.03. The first-order valence-electron chi connectivity index (χ1n) is 9.42. The third kappa shape index (κ3) is 5.56. The van der Waals surface area contributed by atoms with E-state index in [1.807, 2.05) is 31.2 Å². The van der Waals surface area contributed by atoms with Crippen LogP contribution in [-0.2, 0) is 21.4 Å². The van der Waals surface area contributed by atoms with Crippen molar-refractivity contribution >= 4 is 21.6 Å². The standard InChI is InChI=1S/C21H28N2O6S/c1-6-29-19-10-8-7-9-16(19)14-22-21(24)15(2)23(30(5,25)26)18-13-17(27-3)11-12-20(18)28-4/h7-13,15H,6,14H2,1-5H3,(H,22,24)/t15-/m0/s1. The van der Waals surface area contributed by atoms with E-state index in [2.05, 4.69) is 5.32 Å². The molecule has 0 aliphatic carbocycles. The van der Waals surface area contributed by atoms with Crippen LogP contribution in [0.15, 0.2) is 42.5 Å². The number of benzene rings is 2. The van der Waals surface area contributed by atoms with Gasteiger partial charge in [0.15, 0.2) is 0 Å². The molecule has 0 radical (unpaired) electrons. The number of rotatable bonds is 10. The quantitative estimate of drug-likeness (QED) is 0.615. The van der Waals surface area contributed by atoms with E-state index in [4.69, 9.17) is 14.2 Å². The molecule has 0 saturated carbocycles. The number of para-hydroxylation sites is 1. The van der Waals surface area contributed by atoms with Crippen LogP contribution in [0.25, 0.3) is 0 Å². The Morgan fingerprint density at radius 3 is 2.40 bits per heavy atom. The smallest absolute Gasteiger partial charge is 0.243 e. The van der Waals surface area contributed by atoms with E-state index in [1.54, 1.807) is 12.1 Å². The van der Waals surface area contributed by atoms with E-state index in [0.717, 1.165) is 16.1 Å². The van der Waals surface area contributed by atoms with E-state index in [-0.39, 0.29) is 12.2 Å². The second-order valence-corrected chi connectivity index (χ2v) is 8.39. The molecule has 0 unspecified atom stereocenters. The molecule has 9 heteroatoms. The Labute approximate surface area is 177 Å². The Balaban J connectivity index is 2.31. The van der Waals surface area contributed by atoms with Crippen LogP contribution >= 0.6 is 0 Å². The van der Waals surface area contributed by atoms with Gasteiger partial charge >= 0.3 is 0 Å². The average molecular weight is 437 g/mol. The second-order valence-electron chi connectivity index (χ2n) is 6.53. The van der Waals surface area contributed by atoms with Crippen LogP contribution in [-0.4, -0.2) is 47.4 Å².